The van der Waals surface area contributed by atoms with E-state index >= 15 is 4.39 Å². The Kier molecular flexibility index (Phi) is 9.70. The Morgan fingerprint density at radius 3 is 2.21 bits per heavy atom. The third kappa shape index (κ3) is 7.43. The summed E-state index contributed by atoms with van der Waals surface area (Å²) in [6.07, 6.45) is -1.36. The maximum Gasteiger partial charge on any atom is 0.310 e. The van der Waals surface area contributed by atoms with Crippen molar-refractivity contribution in [3.63, 3.8) is 0 Å². The van der Waals surface area contributed by atoms with Crippen molar-refractivity contribution in [1.29, 1.82) is 0 Å². The molecular weight excluding hydrogens is 673 g/mol. The summed E-state index contributed by atoms with van der Waals surface area (Å²) in [6.45, 7) is 4.90. The molecule has 0 saturated heterocycles. The van der Waals surface area contributed by atoms with Crippen LogP contribution >= 0.6 is 58.0 Å². The minimum absolute atomic E-state index is 0.168. The van der Waals surface area contributed by atoms with Gasteiger partial charge >= 0.3 is 5.97 Å². The highest BCUT2D eigenvalue weighted by Gasteiger charge is 2.67. The number of halogens is 8. The van der Waals surface area contributed by atoms with Crippen LogP contribution in [0.5, 0.6) is 0 Å². The molecule has 1 amide bonds. The fraction of sp³-hybridized carbons (Fsp3) is 0.300. The summed E-state index contributed by atoms with van der Waals surface area (Å²) < 4.78 is 48.3. The molecule has 1 aliphatic rings. The number of ether oxygens (including phenoxy) is 1. The van der Waals surface area contributed by atoms with Gasteiger partial charge in [0, 0.05) is 29.2 Å². The van der Waals surface area contributed by atoms with Crippen LogP contribution in [0.25, 0.3) is 0 Å². The second-order valence-electron chi connectivity index (χ2n) is 11.0. The van der Waals surface area contributed by atoms with E-state index in [4.69, 9.17) is 62.7 Å². The zero-order chi connectivity index (χ0) is 32.0. The molecule has 0 bridgehead atoms. The number of nitrogens with one attached hydrogen (secondary N) is 1. The maximum absolute atomic E-state index is 15.2. The first kappa shape index (κ1) is 33.4. The van der Waals surface area contributed by atoms with E-state index in [9.17, 15) is 23.2 Å². The normalized spacial score (nSPS) is 17.4. The van der Waals surface area contributed by atoms with Crippen LogP contribution < -0.4 is 5.32 Å². The number of anilines is 1. The van der Waals surface area contributed by atoms with Crippen molar-refractivity contribution in [2.45, 2.75) is 49.5 Å². The third-order valence-electron chi connectivity index (χ3n) is 6.59. The zero-order valence-corrected chi connectivity index (χ0v) is 26.5. The van der Waals surface area contributed by atoms with Crippen LogP contribution in [-0.4, -0.2) is 27.6 Å². The molecule has 3 aromatic rings. The molecule has 1 aliphatic carbocycles. The van der Waals surface area contributed by atoms with Crippen molar-refractivity contribution in [3.8, 4) is 0 Å². The van der Waals surface area contributed by atoms with E-state index in [1.54, 1.807) is 26.8 Å². The SMILES string of the molecule is CC(C)(C)OC(=O)Cc1ccc(F)c(CC(=O)c2cc(NC(=O)[C@H]3[C@H](c4ccc(Cl)c(Cl)c4)C3(Cl)Cl)cc(F)c2Cl)c1F. The number of hydrogen-bond acceptors (Lipinski definition) is 4. The smallest absolute Gasteiger partial charge is 0.310 e. The molecule has 43 heavy (non-hydrogen) atoms. The van der Waals surface area contributed by atoms with E-state index in [2.05, 4.69) is 5.32 Å². The average molecular weight is 696 g/mol. The van der Waals surface area contributed by atoms with Crippen LogP contribution in [-0.2, 0) is 27.2 Å². The molecule has 1 N–H and O–H groups in total. The summed E-state index contributed by atoms with van der Waals surface area (Å²) in [5.41, 5.74) is -1.72. The number of hydrogen-bond donors (Lipinski definition) is 1. The molecule has 0 spiro atoms. The maximum atomic E-state index is 15.2. The lowest BCUT2D eigenvalue weighted by atomic mass is 9.98. The Labute approximate surface area is 270 Å². The summed E-state index contributed by atoms with van der Waals surface area (Å²) in [5, 5.41) is 2.39. The van der Waals surface area contributed by atoms with Crippen molar-refractivity contribution in [2.75, 3.05) is 5.32 Å². The summed E-state index contributed by atoms with van der Waals surface area (Å²) in [4.78, 5) is 38.4. The molecule has 1 fully saturated rings. The lowest BCUT2D eigenvalue weighted by molar-refractivity contribution is -0.154. The number of carbonyl (C=O) groups is 3. The lowest BCUT2D eigenvalue weighted by Gasteiger charge is -2.19. The second-order valence-corrected chi connectivity index (χ2v) is 13.6. The van der Waals surface area contributed by atoms with Crippen LogP contribution in [0.4, 0.5) is 18.9 Å². The quantitative estimate of drug-likeness (QED) is 0.145. The first-order chi connectivity index (χ1) is 19.9. The zero-order valence-electron chi connectivity index (χ0n) is 22.8. The molecule has 0 heterocycles. The Balaban J connectivity index is 1.54. The van der Waals surface area contributed by atoms with Gasteiger partial charge in [0.1, 0.15) is 27.4 Å². The van der Waals surface area contributed by atoms with Crippen molar-refractivity contribution >= 4 is 81.4 Å². The van der Waals surface area contributed by atoms with Crippen LogP contribution in [0.3, 0.4) is 0 Å². The van der Waals surface area contributed by atoms with E-state index < -0.39 is 85.9 Å². The van der Waals surface area contributed by atoms with Gasteiger partial charge in [0.25, 0.3) is 0 Å². The molecule has 1 saturated carbocycles. The Morgan fingerprint density at radius 2 is 1.58 bits per heavy atom. The molecule has 13 heteroatoms. The summed E-state index contributed by atoms with van der Waals surface area (Å²) in [5.74, 6) is -7.26. The number of benzene rings is 3. The standard InChI is InChI=1S/C30H23Cl5F3NO4/c1-29(2,3)43-23(41)9-14-5-7-20(36)16(27(14)38)12-22(40)17-10-15(11-21(37)26(17)33)39-28(42)25-24(30(25,34)35)13-4-6-18(31)19(32)8-13/h4-8,10-11,24-25H,9,12H2,1-3H3,(H,39,42)/t24-,25+/m0/s1. The van der Waals surface area contributed by atoms with Crippen molar-refractivity contribution in [3.05, 3.63) is 97.2 Å². The number of carbonyl (C=O) groups excluding carboxylic acids is 3. The highest BCUT2D eigenvalue weighted by Crippen LogP contribution is 2.65. The van der Waals surface area contributed by atoms with Gasteiger partial charge in [-0.1, -0.05) is 46.9 Å². The third-order valence-corrected chi connectivity index (χ3v) is 8.66. The molecule has 3 aromatic carbocycles. The Hall–Kier alpha value is -2.49. The largest absolute Gasteiger partial charge is 0.460 e. The first-order valence-electron chi connectivity index (χ1n) is 12.7. The molecule has 5 nitrogen and oxygen atoms in total. The van der Waals surface area contributed by atoms with Gasteiger partial charge in [0.15, 0.2) is 5.78 Å². The number of alkyl halides is 2. The molecule has 228 valence electrons. The van der Waals surface area contributed by atoms with Crippen LogP contribution in [0.1, 0.15) is 53.7 Å². The minimum atomic E-state index is -1.51. The van der Waals surface area contributed by atoms with E-state index in [-0.39, 0.29) is 16.3 Å². The molecule has 4 rings (SSSR count). The molecule has 0 unspecified atom stereocenters. The summed E-state index contributed by atoms with van der Waals surface area (Å²) in [7, 11) is 0. The molecule has 0 aromatic heterocycles. The number of rotatable bonds is 8. The van der Waals surface area contributed by atoms with Crippen LogP contribution in [0, 0.1) is 23.4 Å². The van der Waals surface area contributed by atoms with Gasteiger partial charge in [0.2, 0.25) is 5.91 Å². The van der Waals surface area contributed by atoms with E-state index in [0.717, 1.165) is 24.3 Å². The van der Waals surface area contributed by atoms with Gasteiger partial charge in [0.05, 0.1) is 27.4 Å². The number of esters is 1. The van der Waals surface area contributed by atoms with Gasteiger partial charge in [-0.05, 0) is 62.2 Å². The Morgan fingerprint density at radius 1 is 0.907 bits per heavy atom. The van der Waals surface area contributed by atoms with Crippen molar-refractivity contribution in [1.82, 2.24) is 0 Å². The van der Waals surface area contributed by atoms with Crippen molar-refractivity contribution < 1.29 is 32.3 Å². The molecule has 0 radical (unpaired) electrons. The number of Topliss-reactive ketones (excluding diaryl/α,β-unsaturated/α-hetero) is 1. The summed E-state index contributed by atoms with van der Waals surface area (Å²) in [6, 6.07) is 8.61. The molecular formula is C30H23Cl5F3NO4. The fourth-order valence-electron chi connectivity index (χ4n) is 4.59. The van der Waals surface area contributed by atoms with Crippen LogP contribution in [0.2, 0.25) is 15.1 Å². The Bertz CT molecular complexity index is 1640. The lowest BCUT2D eigenvalue weighted by Crippen LogP contribution is -2.25. The number of ketones is 1. The average Bonchev–Trinajstić information content (AvgIpc) is 3.47. The van der Waals surface area contributed by atoms with E-state index in [0.29, 0.717) is 10.6 Å². The first-order valence-corrected chi connectivity index (χ1v) is 14.6. The van der Waals surface area contributed by atoms with Gasteiger partial charge in [-0.3, -0.25) is 14.4 Å². The summed E-state index contributed by atoms with van der Waals surface area (Å²) >= 11 is 30.8. The molecule has 2 atom stereocenters. The van der Waals surface area contributed by atoms with Gasteiger partial charge in [-0.2, -0.15) is 0 Å². The highest BCUT2D eigenvalue weighted by molar-refractivity contribution is 6.53. The molecule has 0 aliphatic heterocycles. The monoisotopic (exact) mass is 693 g/mol. The predicted octanol–water partition coefficient (Wildman–Crippen LogP) is 8.90. The minimum Gasteiger partial charge on any atom is -0.460 e. The van der Waals surface area contributed by atoms with Gasteiger partial charge in [-0.25, -0.2) is 13.2 Å². The van der Waals surface area contributed by atoms with Gasteiger partial charge < -0.3 is 10.1 Å². The van der Waals surface area contributed by atoms with Crippen molar-refractivity contribution in [2.24, 2.45) is 5.92 Å². The van der Waals surface area contributed by atoms with Crippen LogP contribution in [0.15, 0.2) is 42.5 Å². The second kappa shape index (κ2) is 12.5. The highest BCUT2D eigenvalue weighted by atomic mass is 35.5. The van der Waals surface area contributed by atoms with E-state index in [1.807, 2.05) is 0 Å². The number of amides is 1. The fourth-order valence-corrected chi connectivity index (χ4v) is 5.94. The topological polar surface area (TPSA) is 72.5 Å². The van der Waals surface area contributed by atoms with Gasteiger partial charge in [-0.15, -0.1) is 23.2 Å². The predicted molar refractivity (Wildman–Crippen MR) is 161 cm³/mol. The van der Waals surface area contributed by atoms with E-state index in [1.165, 1.54) is 12.1 Å².